The molecule has 118 valence electrons. The fourth-order valence-corrected chi connectivity index (χ4v) is 1.40. The molecule has 0 aliphatic heterocycles. The van der Waals surface area contributed by atoms with E-state index in [-0.39, 0.29) is 6.07 Å². The molecule has 21 heavy (non-hydrogen) atoms. The van der Waals surface area contributed by atoms with Crippen molar-refractivity contribution in [1.82, 2.24) is 0 Å². The van der Waals surface area contributed by atoms with Crippen molar-refractivity contribution in [3.8, 4) is 0 Å². The second-order valence-electron chi connectivity index (χ2n) is 3.86. The number of carbonyl (C=O) groups excluding carboxylic acids is 1. The first-order valence-corrected chi connectivity index (χ1v) is 5.03. The number of amides is 1. The molecule has 0 saturated heterocycles. The van der Waals surface area contributed by atoms with Gasteiger partial charge in [-0.15, -0.1) is 0 Å². The fraction of sp³-hybridized carbons (Fsp3) is 0.300. The number of nitrogen functional groups attached to an aromatic ring is 1. The molecule has 0 heterocycles. The van der Waals surface area contributed by atoms with Gasteiger partial charge >= 0.3 is 12.4 Å². The molecule has 1 aromatic carbocycles. The van der Waals surface area contributed by atoms with Crippen LogP contribution in [0.4, 0.5) is 46.5 Å². The van der Waals surface area contributed by atoms with E-state index < -0.39 is 47.2 Å². The normalized spacial score (nSPS) is 12.6. The minimum Gasteiger partial charge on any atom is -0.397 e. The summed E-state index contributed by atoms with van der Waals surface area (Å²) in [5.74, 6) is -9.77. The maximum atomic E-state index is 13.2. The van der Waals surface area contributed by atoms with E-state index in [0.29, 0.717) is 6.07 Å². The molecule has 0 atom stereocenters. The first-order chi connectivity index (χ1) is 9.34. The Balaban J connectivity index is 3.15. The molecule has 0 radical (unpaired) electrons. The molecule has 3 nitrogen and oxygen atoms in total. The highest BCUT2D eigenvalue weighted by molar-refractivity contribution is 5.96. The first-order valence-electron chi connectivity index (χ1n) is 5.03. The zero-order valence-electron chi connectivity index (χ0n) is 9.74. The Morgan fingerprint density at radius 1 is 1.05 bits per heavy atom. The molecule has 1 aromatic rings. The molecule has 1 amide bonds. The van der Waals surface area contributed by atoms with Crippen LogP contribution < -0.4 is 11.1 Å². The Kier molecular flexibility index (Phi) is 4.34. The van der Waals surface area contributed by atoms with Crippen LogP contribution in [0.2, 0.25) is 0 Å². The molecule has 11 heteroatoms. The van der Waals surface area contributed by atoms with E-state index in [1.54, 1.807) is 0 Å². The predicted molar refractivity (Wildman–Crippen MR) is 55.0 cm³/mol. The lowest BCUT2D eigenvalue weighted by molar-refractivity contribution is -0.272. The second kappa shape index (κ2) is 5.37. The summed E-state index contributed by atoms with van der Waals surface area (Å²) >= 11 is 0. The van der Waals surface area contributed by atoms with Crippen molar-refractivity contribution in [2.24, 2.45) is 5.92 Å². The first kappa shape index (κ1) is 17.0. The van der Waals surface area contributed by atoms with E-state index in [1.807, 2.05) is 0 Å². The van der Waals surface area contributed by atoms with Gasteiger partial charge in [0, 0.05) is 6.07 Å². The Hall–Kier alpha value is -2.07. The Morgan fingerprint density at radius 3 is 1.90 bits per heavy atom. The molecule has 0 bridgehead atoms. The predicted octanol–water partition coefficient (Wildman–Crippen LogP) is 3.23. The van der Waals surface area contributed by atoms with Crippen molar-refractivity contribution in [3.05, 3.63) is 23.8 Å². The molecule has 0 unspecified atom stereocenters. The van der Waals surface area contributed by atoms with Gasteiger partial charge in [-0.2, -0.15) is 26.3 Å². The van der Waals surface area contributed by atoms with Gasteiger partial charge in [-0.05, 0) is 6.07 Å². The fourth-order valence-electron chi connectivity index (χ4n) is 1.40. The lowest BCUT2D eigenvalue weighted by Gasteiger charge is -2.22. The van der Waals surface area contributed by atoms with Crippen LogP contribution in [0.15, 0.2) is 12.1 Å². The highest BCUT2D eigenvalue weighted by atomic mass is 19.4. The number of alkyl halides is 6. The average molecular weight is 322 g/mol. The Bertz CT molecular complexity index is 514. The van der Waals surface area contributed by atoms with Crippen molar-refractivity contribution < 1.29 is 39.9 Å². The number of nitrogens with two attached hydrogens (primary N) is 1. The summed E-state index contributed by atoms with van der Waals surface area (Å²) in [5, 5.41) is 1.07. The number of halogens is 8. The molecule has 0 aliphatic rings. The average Bonchev–Trinajstić information content (AvgIpc) is 2.18. The molecular formula is C10H6F8N2O. The molecule has 0 aliphatic carbocycles. The van der Waals surface area contributed by atoms with Gasteiger partial charge in [-0.25, -0.2) is 8.78 Å². The maximum Gasteiger partial charge on any atom is 0.409 e. The number of nitrogens with one attached hydrogen (secondary N) is 1. The minimum atomic E-state index is -5.94. The van der Waals surface area contributed by atoms with Gasteiger partial charge in [0.1, 0.15) is 11.5 Å². The molecule has 0 spiro atoms. The van der Waals surface area contributed by atoms with Crippen LogP contribution in [0.25, 0.3) is 0 Å². The number of rotatable bonds is 2. The number of benzene rings is 1. The van der Waals surface area contributed by atoms with E-state index in [4.69, 9.17) is 5.73 Å². The van der Waals surface area contributed by atoms with E-state index in [2.05, 4.69) is 0 Å². The van der Waals surface area contributed by atoms with Crippen molar-refractivity contribution in [1.29, 1.82) is 0 Å². The molecular weight excluding hydrogens is 316 g/mol. The summed E-state index contributed by atoms with van der Waals surface area (Å²) in [6.45, 7) is 0. The molecule has 1 rings (SSSR count). The van der Waals surface area contributed by atoms with Gasteiger partial charge in [-0.3, -0.25) is 4.79 Å². The molecule has 0 saturated carbocycles. The SMILES string of the molecule is Nc1cc(F)cc(F)c1NC(=O)C(C(F)(F)F)C(F)(F)F. The molecule has 0 aromatic heterocycles. The van der Waals surface area contributed by atoms with Crippen LogP contribution >= 0.6 is 0 Å². The van der Waals surface area contributed by atoms with Crippen LogP contribution in [0.3, 0.4) is 0 Å². The highest BCUT2D eigenvalue weighted by Crippen LogP contribution is 2.40. The standard InChI is InChI=1S/C10H6F8N2O/c11-3-1-4(12)6(5(19)2-3)20-8(21)7(9(13,14)15)10(16,17)18/h1-2,7H,19H2,(H,20,21). The van der Waals surface area contributed by atoms with Gasteiger partial charge in [0.05, 0.1) is 5.69 Å². The quantitative estimate of drug-likeness (QED) is 0.649. The number of hydrogen-bond acceptors (Lipinski definition) is 2. The third-order valence-corrected chi connectivity index (χ3v) is 2.25. The zero-order valence-corrected chi connectivity index (χ0v) is 9.74. The monoisotopic (exact) mass is 322 g/mol. The van der Waals surface area contributed by atoms with Crippen LogP contribution in [0, 0.1) is 17.6 Å². The van der Waals surface area contributed by atoms with E-state index >= 15 is 0 Å². The van der Waals surface area contributed by atoms with Crippen LogP contribution in [-0.2, 0) is 4.79 Å². The highest BCUT2D eigenvalue weighted by Gasteiger charge is 2.61. The lowest BCUT2D eigenvalue weighted by Crippen LogP contribution is -2.45. The van der Waals surface area contributed by atoms with Crippen LogP contribution in [0.1, 0.15) is 0 Å². The molecule has 3 N–H and O–H groups in total. The van der Waals surface area contributed by atoms with Crippen LogP contribution in [-0.4, -0.2) is 18.3 Å². The summed E-state index contributed by atoms with van der Waals surface area (Å²) in [6.07, 6.45) is -11.9. The number of anilines is 2. The third kappa shape index (κ3) is 3.95. The molecule has 0 fully saturated rings. The topological polar surface area (TPSA) is 55.1 Å². The Morgan fingerprint density at radius 2 is 1.52 bits per heavy atom. The summed E-state index contributed by atoms with van der Waals surface area (Å²) in [5.41, 5.74) is 3.01. The second-order valence-corrected chi connectivity index (χ2v) is 3.86. The summed E-state index contributed by atoms with van der Waals surface area (Å²) in [6, 6.07) is 0.567. The van der Waals surface area contributed by atoms with Crippen LogP contribution in [0.5, 0.6) is 0 Å². The van der Waals surface area contributed by atoms with Gasteiger partial charge < -0.3 is 11.1 Å². The maximum absolute atomic E-state index is 13.2. The smallest absolute Gasteiger partial charge is 0.397 e. The van der Waals surface area contributed by atoms with Crippen molar-refractivity contribution in [2.75, 3.05) is 11.1 Å². The van der Waals surface area contributed by atoms with Crippen molar-refractivity contribution in [3.63, 3.8) is 0 Å². The lowest BCUT2D eigenvalue weighted by atomic mass is 10.1. The van der Waals surface area contributed by atoms with E-state index in [1.165, 1.54) is 0 Å². The summed E-state index contributed by atoms with van der Waals surface area (Å²) in [4.78, 5) is 11.1. The van der Waals surface area contributed by atoms with Gasteiger partial charge in [0.2, 0.25) is 11.8 Å². The third-order valence-electron chi connectivity index (χ3n) is 2.25. The Labute approximate surface area is 111 Å². The van der Waals surface area contributed by atoms with Crippen molar-refractivity contribution in [2.45, 2.75) is 12.4 Å². The van der Waals surface area contributed by atoms with Gasteiger partial charge in [0.15, 0.2) is 5.82 Å². The number of carbonyl (C=O) groups is 1. The van der Waals surface area contributed by atoms with E-state index in [9.17, 15) is 39.9 Å². The number of hydrogen-bond donors (Lipinski definition) is 2. The minimum absolute atomic E-state index is 0.141. The summed E-state index contributed by atoms with van der Waals surface area (Å²) < 4.78 is 99.5. The van der Waals surface area contributed by atoms with Gasteiger partial charge in [-0.1, -0.05) is 0 Å². The van der Waals surface area contributed by atoms with Gasteiger partial charge in [0.25, 0.3) is 0 Å². The zero-order chi connectivity index (χ0) is 16.6. The van der Waals surface area contributed by atoms with E-state index in [0.717, 1.165) is 5.32 Å². The largest absolute Gasteiger partial charge is 0.409 e. The summed E-state index contributed by atoms with van der Waals surface area (Å²) in [7, 11) is 0. The van der Waals surface area contributed by atoms with Crippen molar-refractivity contribution >= 4 is 17.3 Å².